The highest BCUT2D eigenvalue weighted by atomic mass is 35.5. The van der Waals surface area contributed by atoms with Crippen LogP contribution in [0.2, 0.25) is 0 Å². The fourth-order valence-electron chi connectivity index (χ4n) is 1.25. The number of aromatic nitrogens is 1. The Balaban J connectivity index is 0.00000112. The summed E-state index contributed by atoms with van der Waals surface area (Å²) in [4.78, 5) is 15.7. The number of pyridine rings is 1. The van der Waals surface area contributed by atoms with Gasteiger partial charge in [-0.2, -0.15) is 0 Å². The van der Waals surface area contributed by atoms with Gasteiger partial charge in [0, 0.05) is 23.5 Å². The maximum Gasteiger partial charge on any atom is 0.194 e. The zero-order chi connectivity index (χ0) is 9.80. The molecular formula is C12H10ClNO. The molecule has 0 aliphatic rings. The number of rotatable bonds is 2. The predicted octanol–water partition coefficient (Wildman–Crippen LogP) is 2.73. The van der Waals surface area contributed by atoms with Crippen molar-refractivity contribution >= 4 is 18.2 Å². The third-order valence-corrected chi connectivity index (χ3v) is 1.96. The molecule has 0 saturated carbocycles. The first-order valence-corrected chi connectivity index (χ1v) is 4.38. The Labute approximate surface area is 94.4 Å². The molecule has 0 radical (unpaired) electrons. The third kappa shape index (κ3) is 2.64. The number of halogens is 1. The molecule has 76 valence electrons. The largest absolute Gasteiger partial charge is 0.289 e. The first-order chi connectivity index (χ1) is 6.88. The van der Waals surface area contributed by atoms with E-state index in [0.29, 0.717) is 11.1 Å². The lowest BCUT2D eigenvalue weighted by molar-refractivity contribution is 0.103. The molecule has 0 aliphatic carbocycles. The molecule has 1 heterocycles. The Morgan fingerprint density at radius 1 is 0.933 bits per heavy atom. The third-order valence-electron chi connectivity index (χ3n) is 1.96. The van der Waals surface area contributed by atoms with Gasteiger partial charge in [0.1, 0.15) is 0 Å². The molecule has 0 atom stereocenters. The maximum atomic E-state index is 11.8. The molecular weight excluding hydrogens is 210 g/mol. The first kappa shape index (κ1) is 11.4. The van der Waals surface area contributed by atoms with Gasteiger partial charge in [-0.15, -0.1) is 12.4 Å². The zero-order valence-electron chi connectivity index (χ0n) is 7.96. The van der Waals surface area contributed by atoms with Gasteiger partial charge in [0.25, 0.3) is 0 Å². The van der Waals surface area contributed by atoms with Crippen LogP contribution in [0.25, 0.3) is 0 Å². The van der Waals surface area contributed by atoms with Gasteiger partial charge in [-0.1, -0.05) is 30.3 Å². The average Bonchev–Trinajstić information content (AvgIpc) is 2.30. The van der Waals surface area contributed by atoms with Crippen molar-refractivity contribution in [2.24, 2.45) is 0 Å². The van der Waals surface area contributed by atoms with E-state index in [1.165, 1.54) is 0 Å². The van der Waals surface area contributed by atoms with E-state index in [4.69, 9.17) is 0 Å². The monoisotopic (exact) mass is 219 g/mol. The van der Waals surface area contributed by atoms with E-state index in [9.17, 15) is 4.79 Å². The van der Waals surface area contributed by atoms with E-state index in [0.717, 1.165) is 0 Å². The molecule has 0 spiro atoms. The lowest BCUT2D eigenvalue weighted by atomic mass is 10.1. The number of carbonyl (C=O) groups is 1. The SMILES string of the molecule is Cl.O=C(c1ccccc1)c1cccnc1. The number of carbonyl (C=O) groups excluding carboxylic acids is 1. The van der Waals surface area contributed by atoms with Crippen LogP contribution >= 0.6 is 12.4 Å². The summed E-state index contributed by atoms with van der Waals surface area (Å²) in [5.74, 6) is 0.0127. The lowest BCUT2D eigenvalue weighted by Gasteiger charge is -1.98. The molecule has 0 bridgehead atoms. The molecule has 0 amide bonds. The van der Waals surface area contributed by atoms with Crippen molar-refractivity contribution in [2.45, 2.75) is 0 Å². The van der Waals surface area contributed by atoms with E-state index < -0.39 is 0 Å². The highest BCUT2D eigenvalue weighted by Gasteiger charge is 2.06. The minimum Gasteiger partial charge on any atom is -0.289 e. The van der Waals surface area contributed by atoms with Crippen molar-refractivity contribution in [3.63, 3.8) is 0 Å². The molecule has 1 aromatic carbocycles. The summed E-state index contributed by atoms with van der Waals surface area (Å²) >= 11 is 0. The first-order valence-electron chi connectivity index (χ1n) is 4.38. The van der Waals surface area contributed by atoms with Crippen molar-refractivity contribution in [3.05, 3.63) is 66.0 Å². The van der Waals surface area contributed by atoms with Crippen molar-refractivity contribution in [1.29, 1.82) is 0 Å². The standard InChI is InChI=1S/C12H9NO.ClH/c14-12(10-5-2-1-3-6-10)11-7-4-8-13-9-11;/h1-9H;1H. The Kier molecular flexibility index (Phi) is 4.01. The molecule has 2 rings (SSSR count). The second-order valence-electron chi connectivity index (χ2n) is 2.94. The van der Waals surface area contributed by atoms with E-state index in [2.05, 4.69) is 4.98 Å². The van der Waals surface area contributed by atoms with E-state index in [1.54, 1.807) is 36.7 Å². The normalized spacial score (nSPS) is 9.07. The minimum absolute atomic E-state index is 0. The highest BCUT2D eigenvalue weighted by Crippen LogP contribution is 2.07. The molecule has 2 nitrogen and oxygen atoms in total. The molecule has 0 fully saturated rings. The topological polar surface area (TPSA) is 30.0 Å². The van der Waals surface area contributed by atoms with Crippen LogP contribution in [-0.2, 0) is 0 Å². The van der Waals surface area contributed by atoms with Crippen LogP contribution < -0.4 is 0 Å². The summed E-state index contributed by atoms with van der Waals surface area (Å²) < 4.78 is 0. The highest BCUT2D eigenvalue weighted by molar-refractivity contribution is 6.08. The quantitative estimate of drug-likeness (QED) is 0.727. The molecule has 2 aromatic rings. The van der Waals surface area contributed by atoms with Gasteiger partial charge in [0.2, 0.25) is 0 Å². The minimum atomic E-state index is 0. The van der Waals surface area contributed by atoms with Crippen LogP contribution in [0.3, 0.4) is 0 Å². The summed E-state index contributed by atoms with van der Waals surface area (Å²) in [7, 11) is 0. The van der Waals surface area contributed by atoms with Crippen LogP contribution in [0.15, 0.2) is 54.9 Å². The van der Waals surface area contributed by atoms with Gasteiger partial charge < -0.3 is 0 Å². The number of hydrogen-bond donors (Lipinski definition) is 0. The Morgan fingerprint density at radius 3 is 2.20 bits per heavy atom. The summed E-state index contributed by atoms with van der Waals surface area (Å²) in [5.41, 5.74) is 1.32. The van der Waals surface area contributed by atoms with Crippen molar-refractivity contribution in [1.82, 2.24) is 4.98 Å². The predicted molar refractivity (Wildman–Crippen MR) is 61.4 cm³/mol. The molecule has 0 saturated heterocycles. The van der Waals surface area contributed by atoms with Crippen LogP contribution in [0.1, 0.15) is 15.9 Å². The van der Waals surface area contributed by atoms with E-state index in [-0.39, 0.29) is 18.2 Å². The van der Waals surface area contributed by atoms with E-state index >= 15 is 0 Å². The molecule has 1 aromatic heterocycles. The molecule has 3 heteroatoms. The van der Waals surface area contributed by atoms with Gasteiger partial charge in [-0.25, -0.2) is 0 Å². The van der Waals surface area contributed by atoms with E-state index in [1.807, 2.05) is 18.2 Å². The smallest absolute Gasteiger partial charge is 0.194 e. The van der Waals surface area contributed by atoms with Crippen LogP contribution in [-0.4, -0.2) is 10.8 Å². The lowest BCUT2D eigenvalue weighted by Crippen LogP contribution is -2.00. The molecule has 0 unspecified atom stereocenters. The number of nitrogens with zero attached hydrogens (tertiary/aromatic N) is 1. The Morgan fingerprint density at radius 2 is 1.60 bits per heavy atom. The Bertz CT molecular complexity index is 386. The summed E-state index contributed by atoms with van der Waals surface area (Å²) in [5, 5.41) is 0. The number of ketones is 1. The van der Waals surface area contributed by atoms with Gasteiger partial charge >= 0.3 is 0 Å². The average molecular weight is 220 g/mol. The van der Waals surface area contributed by atoms with Crippen LogP contribution in [0.4, 0.5) is 0 Å². The van der Waals surface area contributed by atoms with Crippen LogP contribution in [0, 0.1) is 0 Å². The fraction of sp³-hybridized carbons (Fsp3) is 0. The van der Waals surface area contributed by atoms with Crippen LogP contribution in [0.5, 0.6) is 0 Å². The Hall–Kier alpha value is -1.67. The van der Waals surface area contributed by atoms with Crippen molar-refractivity contribution < 1.29 is 4.79 Å². The molecule has 0 N–H and O–H groups in total. The second-order valence-corrected chi connectivity index (χ2v) is 2.94. The summed E-state index contributed by atoms with van der Waals surface area (Å²) in [6, 6.07) is 12.7. The van der Waals surface area contributed by atoms with Gasteiger partial charge in [-0.3, -0.25) is 9.78 Å². The van der Waals surface area contributed by atoms with Crippen molar-refractivity contribution in [2.75, 3.05) is 0 Å². The summed E-state index contributed by atoms with van der Waals surface area (Å²) in [6.07, 6.45) is 3.23. The maximum absolute atomic E-state index is 11.8. The van der Waals surface area contributed by atoms with Gasteiger partial charge in [0.15, 0.2) is 5.78 Å². The number of hydrogen-bond acceptors (Lipinski definition) is 2. The molecule has 15 heavy (non-hydrogen) atoms. The zero-order valence-corrected chi connectivity index (χ0v) is 8.78. The second kappa shape index (κ2) is 5.27. The fourth-order valence-corrected chi connectivity index (χ4v) is 1.25. The van der Waals surface area contributed by atoms with Gasteiger partial charge in [0.05, 0.1) is 0 Å². The van der Waals surface area contributed by atoms with Gasteiger partial charge in [-0.05, 0) is 12.1 Å². The molecule has 0 aliphatic heterocycles. The summed E-state index contributed by atoms with van der Waals surface area (Å²) in [6.45, 7) is 0. The van der Waals surface area contributed by atoms with Crippen molar-refractivity contribution in [3.8, 4) is 0 Å². The number of benzene rings is 1.